The van der Waals surface area contributed by atoms with Crippen LogP contribution < -0.4 is 10.9 Å². The molecule has 0 radical (unpaired) electrons. The molecule has 2 aliphatic carbocycles. The molecule has 38 heavy (non-hydrogen) atoms. The summed E-state index contributed by atoms with van der Waals surface area (Å²) in [7, 11) is -4.18. The Balaban J connectivity index is 1.30. The van der Waals surface area contributed by atoms with Crippen LogP contribution in [0.15, 0.2) is 35.1 Å². The molecule has 0 spiro atoms. The molecule has 0 saturated heterocycles. The fourth-order valence-electron chi connectivity index (χ4n) is 4.99. The number of carbonyl (C=O) groups excluding carboxylic acids is 2. The van der Waals surface area contributed by atoms with E-state index < -0.39 is 48.9 Å². The van der Waals surface area contributed by atoms with Gasteiger partial charge in [-0.05, 0) is 55.5 Å². The van der Waals surface area contributed by atoms with E-state index in [1.54, 1.807) is 6.07 Å². The Hall–Kier alpha value is -3.66. The number of sulfone groups is 1. The molecule has 13 heteroatoms. The molecule has 3 aliphatic rings. The van der Waals surface area contributed by atoms with Gasteiger partial charge in [0.2, 0.25) is 0 Å². The summed E-state index contributed by atoms with van der Waals surface area (Å²) in [5, 5.41) is 11.3. The van der Waals surface area contributed by atoms with E-state index >= 15 is 0 Å². The monoisotopic (exact) mass is 548 g/mol. The quantitative estimate of drug-likeness (QED) is 0.537. The number of amides is 2. The van der Waals surface area contributed by atoms with Crippen molar-refractivity contribution in [2.75, 3.05) is 13.1 Å². The lowest BCUT2D eigenvalue weighted by Gasteiger charge is -2.33. The molecule has 2 amide bonds. The molecule has 0 bridgehead atoms. The zero-order chi connectivity index (χ0) is 27.5. The van der Waals surface area contributed by atoms with Gasteiger partial charge in [0.05, 0.1) is 10.3 Å². The number of aromatic nitrogens is 1. The van der Waals surface area contributed by atoms with Gasteiger partial charge in [0.1, 0.15) is 27.9 Å². The molecule has 0 atom stereocenters. The van der Waals surface area contributed by atoms with Crippen LogP contribution in [0.4, 0.5) is 13.2 Å². The zero-order valence-electron chi connectivity index (χ0n) is 20.0. The highest BCUT2D eigenvalue weighted by Crippen LogP contribution is 2.59. The topological polar surface area (TPSA) is 129 Å². The number of carbonyl (C=O) groups is 2. The van der Waals surface area contributed by atoms with Crippen molar-refractivity contribution in [1.29, 1.82) is 5.26 Å². The molecule has 0 unspecified atom stereocenters. The van der Waals surface area contributed by atoms with Crippen molar-refractivity contribution in [2.45, 2.75) is 54.7 Å². The normalized spacial score (nSPS) is 19.0. The average Bonchev–Trinajstić information content (AvgIpc) is 3.79. The zero-order valence-corrected chi connectivity index (χ0v) is 20.9. The predicted octanol–water partition coefficient (Wildman–Crippen LogP) is 1.99. The minimum absolute atomic E-state index is 0.00201. The first-order valence-electron chi connectivity index (χ1n) is 12.0. The number of nitrogens with zero attached hydrogens (tertiary/aromatic N) is 3. The molecular weight excluding hydrogens is 525 g/mol. The number of hydrogen-bond donors (Lipinski definition) is 1. The minimum atomic E-state index is -4.18. The van der Waals surface area contributed by atoms with Crippen molar-refractivity contribution in [2.24, 2.45) is 0 Å². The van der Waals surface area contributed by atoms with E-state index in [1.165, 1.54) is 29.2 Å². The van der Waals surface area contributed by atoms with Crippen LogP contribution in [-0.4, -0.2) is 58.7 Å². The van der Waals surface area contributed by atoms with Crippen molar-refractivity contribution in [3.8, 4) is 6.07 Å². The van der Waals surface area contributed by atoms with E-state index in [2.05, 4.69) is 5.32 Å². The molecule has 2 fully saturated rings. The van der Waals surface area contributed by atoms with E-state index in [0.717, 1.165) is 10.6 Å². The Morgan fingerprint density at radius 3 is 2.39 bits per heavy atom. The first kappa shape index (κ1) is 26.0. The number of nitriles is 1. The van der Waals surface area contributed by atoms with Gasteiger partial charge in [0.15, 0.2) is 9.84 Å². The third-order valence-electron chi connectivity index (χ3n) is 7.66. The molecule has 1 aromatic heterocycles. The number of alkyl halides is 2. The minimum Gasteiger partial charge on any atom is -0.348 e. The molecule has 1 aliphatic heterocycles. The summed E-state index contributed by atoms with van der Waals surface area (Å²) in [4.78, 5) is 40.0. The number of hydrogen-bond acceptors (Lipinski definition) is 6. The standard InChI is InChI=1S/C25H23F3N4O5S/c26-18-11-15(1-2-16(18)12-29)13-30-20(33)17-3-4-19-22(35)31(9-10-32(19)21(17)34)14-24(5-6-24)38(36,37)25(7-8-25)23(27)28/h1-4,11,23H,5-10,13-14H2,(H,30,33). The van der Waals surface area contributed by atoms with Crippen molar-refractivity contribution < 1.29 is 31.2 Å². The summed E-state index contributed by atoms with van der Waals surface area (Å²) in [6, 6.07) is 8.02. The predicted molar refractivity (Wildman–Crippen MR) is 128 cm³/mol. The lowest BCUT2D eigenvalue weighted by atomic mass is 10.1. The molecule has 2 saturated carbocycles. The van der Waals surface area contributed by atoms with Gasteiger partial charge in [-0.2, -0.15) is 5.26 Å². The maximum atomic E-state index is 13.8. The number of halogens is 3. The fourth-order valence-corrected chi connectivity index (χ4v) is 7.69. The van der Waals surface area contributed by atoms with Crippen LogP contribution in [-0.2, 0) is 22.9 Å². The number of rotatable bonds is 8. The summed E-state index contributed by atoms with van der Waals surface area (Å²) >= 11 is 0. The van der Waals surface area contributed by atoms with E-state index in [-0.39, 0.29) is 68.7 Å². The second-order valence-corrected chi connectivity index (χ2v) is 12.7. The third-order valence-corrected chi connectivity index (χ3v) is 11.0. The van der Waals surface area contributed by atoms with Crippen LogP contribution in [0.2, 0.25) is 0 Å². The van der Waals surface area contributed by atoms with Gasteiger partial charge in [-0.3, -0.25) is 14.4 Å². The third kappa shape index (κ3) is 3.98. The highest BCUT2D eigenvalue weighted by molar-refractivity contribution is 7.94. The first-order valence-corrected chi connectivity index (χ1v) is 13.5. The van der Waals surface area contributed by atoms with Gasteiger partial charge in [0.25, 0.3) is 23.8 Å². The Morgan fingerprint density at radius 1 is 1.11 bits per heavy atom. The highest BCUT2D eigenvalue weighted by Gasteiger charge is 2.71. The molecule has 1 aromatic carbocycles. The van der Waals surface area contributed by atoms with Gasteiger partial charge in [0, 0.05) is 26.2 Å². The maximum Gasteiger partial charge on any atom is 0.270 e. The van der Waals surface area contributed by atoms with E-state index in [1.807, 2.05) is 0 Å². The number of pyridine rings is 1. The fraction of sp³-hybridized carbons (Fsp3) is 0.440. The number of benzene rings is 1. The summed E-state index contributed by atoms with van der Waals surface area (Å²) in [6.45, 7) is -0.343. The van der Waals surface area contributed by atoms with Crippen LogP contribution in [0.3, 0.4) is 0 Å². The molecule has 2 aromatic rings. The lowest BCUT2D eigenvalue weighted by Crippen LogP contribution is -2.52. The van der Waals surface area contributed by atoms with Gasteiger partial charge < -0.3 is 14.8 Å². The van der Waals surface area contributed by atoms with Gasteiger partial charge in [-0.1, -0.05) is 6.07 Å². The lowest BCUT2D eigenvalue weighted by molar-refractivity contribution is 0.0694. The van der Waals surface area contributed by atoms with Gasteiger partial charge >= 0.3 is 0 Å². The highest BCUT2D eigenvalue weighted by atomic mass is 32.2. The summed E-state index contributed by atoms with van der Waals surface area (Å²) < 4.78 is 64.8. The van der Waals surface area contributed by atoms with Gasteiger partial charge in [-0.15, -0.1) is 0 Å². The Labute approximate surface area is 215 Å². The molecule has 200 valence electrons. The smallest absolute Gasteiger partial charge is 0.270 e. The molecule has 5 rings (SSSR count). The average molecular weight is 549 g/mol. The van der Waals surface area contributed by atoms with Crippen molar-refractivity contribution in [3.63, 3.8) is 0 Å². The van der Waals surface area contributed by atoms with Crippen LogP contribution in [0, 0.1) is 17.1 Å². The van der Waals surface area contributed by atoms with E-state index in [4.69, 9.17) is 5.26 Å². The Morgan fingerprint density at radius 2 is 1.82 bits per heavy atom. The van der Waals surface area contributed by atoms with Crippen LogP contribution in [0.25, 0.3) is 0 Å². The second-order valence-electron chi connectivity index (χ2n) is 9.98. The van der Waals surface area contributed by atoms with Crippen LogP contribution in [0.5, 0.6) is 0 Å². The Bertz CT molecular complexity index is 1560. The van der Waals surface area contributed by atoms with Crippen LogP contribution >= 0.6 is 0 Å². The summed E-state index contributed by atoms with van der Waals surface area (Å²) in [5.41, 5.74) is -0.754. The number of fused-ring (bicyclic) bond motifs is 1. The molecule has 2 heterocycles. The second kappa shape index (κ2) is 8.97. The Kier molecular flexibility index (Phi) is 6.13. The van der Waals surface area contributed by atoms with Gasteiger partial charge in [-0.25, -0.2) is 21.6 Å². The molecule has 1 N–H and O–H groups in total. The SMILES string of the molecule is N#Cc1ccc(CNC(=O)c2ccc3n(c2=O)CCN(CC2(S(=O)(=O)C4(C(F)F)CC4)CC2)C3=O)cc1F. The van der Waals surface area contributed by atoms with Crippen molar-refractivity contribution in [3.05, 3.63) is 68.9 Å². The summed E-state index contributed by atoms with van der Waals surface area (Å²) in [6.07, 6.45) is -2.77. The largest absolute Gasteiger partial charge is 0.348 e. The van der Waals surface area contributed by atoms with E-state index in [9.17, 15) is 36.0 Å². The number of nitrogens with one attached hydrogen (secondary N) is 1. The first-order chi connectivity index (χ1) is 18.0. The van der Waals surface area contributed by atoms with Crippen molar-refractivity contribution in [1.82, 2.24) is 14.8 Å². The van der Waals surface area contributed by atoms with E-state index in [0.29, 0.717) is 5.56 Å². The molecular formula is C25H23F3N4O5S. The maximum absolute atomic E-state index is 13.8. The molecule has 9 nitrogen and oxygen atoms in total. The van der Waals surface area contributed by atoms with Crippen LogP contribution in [0.1, 0.15) is 57.7 Å². The summed E-state index contributed by atoms with van der Waals surface area (Å²) in [5.74, 6) is -2.09. The van der Waals surface area contributed by atoms with Crippen molar-refractivity contribution >= 4 is 21.7 Å².